The Morgan fingerprint density at radius 3 is 2.96 bits per heavy atom. The number of amides is 2. The second-order valence-electron chi connectivity index (χ2n) is 5.11. The van der Waals surface area contributed by atoms with Crippen LogP contribution < -0.4 is 10.6 Å². The summed E-state index contributed by atoms with van der Waals surface area (Å²) in [5.41, 5.74) is 1.47. The molecular formula is C16H14FN5O3. The third kappa shape index (κ3) is 3.61. The van der Waals surface area contributed by atoms with Crippen molar-refractivity contribution in [2.75, 3.05) is 24.4 Å². The van der Waals surface area contributed by atoms with Crippen molar-refractivity contribution in [3.63, 3.8) is 0 Å². The number of halogens is 1. The van der Waals surface area contributed by atoms with E-state index < -0.39 is 5.82 Å². The Balaban J connectivity index is 1.95. The van der Waals surface area contributed by atoms with Crippen LogP contribution in [-0.2, 0) is 14.3 Å². The molecule has 3 rings (SSSR count). The maximum Gasteiger partial charge on any atom is 0.250 e. The van der Waals surface area contributed by atoms with Crippen molar-refractivity contribution in [3.8, 4) is 11.3 Å². The summed E-state index contributed by atoms with van der Waals surface area (Å²) in [7, 11) is 1.42. The smallest absolute Gasteiger partial charge is 0.250 e. The van der Waals surface area contributed by atoms with Crippen LogP contribution in [-0.4, -0.2) is 40.4 Å². The maximum absolute atomic E-state index is 14.1. The monoisotopic (exact) mass is 343 g/mol. The Bertz CT molecular complexity index is 941. The minimum absolute atomic E-state index is 0.0745. The van der Waals surface area contributed by atoms with Gasteiger partial charge in [-0.1, -0.05) is 0 Å². The first-order chi connectivity index (χ1) is 12.1. The summed E-state index contributed by atoms with van der Waals surface area (Å²) in [4.78, 5) is 30.5. The lowest BCUT2D eigenvalue weighted by molar-refractivity contribution is -0.119. The zero-order chi connectivity index (χ0) is 17.8. The molecule has 0 unspecified atom stereocenters. The summed E-state index contributed by atoms with van der Waals surface area (Å²) < 4.78 is 20.4. The van der Waals surface area contributed by atoms with E-state index in [1.54, 1.807) is 16.8 Å². The number of anilines is 2. The van der Waals surface area contributed by atoms with Gasteiger partial charge in [-0.05, 0) is 18.2 Å². The first-order valence-electron chi connectivity index (χ1n) is 7.24. The number of ether oxygens (including phenoxy) is 1. The first-order valence-corrected chi connectivity index (χ1v) is 7.24. The Hall–Kier alpha value is -3.33. The van der Waals surface area contributed by atoms with Gasteiger partial charge in [0.1, 0.15) is 12.4 Å². The number of carbonyl (C=O) groups is 2. The number of hydrogen-bond donors (Lipinski definition) is 2. The molecule has 0 saturated carbocycles. The van der Waals surface area contributed by atoms with Gasteiger partial charge in [-0.15, -0.1) is 0 Å². The quantitative estimate of drug-likeness (QED) is 0.664. The predicted octanol–water partition coefficient (Wildman–Crippen LogP) is 1.69. The number of aromatic nitrogens is 3. The Labute approximate surface area is 141 Å². The lowest BCUT2D eigenvalue weighted by Gasteiger charge is -2.03. The highest BCUT2D eigenvalue weighted by atomic mass is 19.1. The zero-order valence-electron chi connectivity index (χ0n) is 13.2. The number of hydrogen-bond acceptors (Lipinski definition) is 5. The van der Waals surface area contributed by atoms with Crippen molar-refractivity contribution in [2.24, 2.45) is 0 Å². The molecule has 2 aromatic heterocycles. The molecule has 0 aliphatic heterocycles. The van der Waals surface area contributed by atoms with Crippen LogP contribution in [0.1, 0.15) is 0 Å². The first kappa shape index (κ1) is 16.5. The fourth-order valence-electron chi connectivity index (χ4n) is 2.29. The summed E-state index contributed by atoms with van der Waals surface area (Å²) >= 11 is 0. The molecule has 0 aliphatic rings. The van der Waals surface area contributed by atoms with Crippen LogP contribution in [0.25, 0.3) is 17.0 Å². The average molecular weight is 343 g/mol. The van der Waals surface area contributed by atoms with E-state index in [1.165, 1.54) is 31.5 Å². The second kappa shape index (κ2) is 7.05. The van der Waals surface area contributed by atoms with E-state index in [2.05, 4.69) is 20.6 Å². The number of nitrogens with one attached hydrogen (secondary N) is 2. The van der Waals surface area contributed by atoms with Crippen LogP contribution in [0.15, 0.2) is 36.8 Å². The molecule has 2 N–H and O–H groups in total. The fraction of sp³-hybridized carbons (Fsp3) is 0.125. The highest BCUT2D eigenvalue weighted by molar-refractivity contribution is 5.91. The molecule has 1 aromatic carbocycles. The van der Waals surface area contributed by atoms with E-state index in [0.717, 1.165) is 0 Å². The minimum atomic E-state index is -0.478. The third-order valence-corrected chi connectivity index (χ3v) is 3.34. The van der Waals surface area contributed by atoms with Gasteiger partial charge in [-0.2, -0.15) is 0 Å². The van der Waals surface area contributed by atoms with Crippen LogP contribution in [0.5, 0.6) is 0 Å². The van der Waals surface area contributed by atoms with Gasteiger partial charge < -0.3 is 15.4 Å². The van der Waals surface area contributed by atoms with Crippen molar-refractivity contribution in [1.82, 2.24) is 14.4 Å². The van der Waals surface area contributed by atoms with Gasteiger partial charge in [0.05, 0.1) is 17.6 Å². The Morgan fingerprint density at radius 2 is 2.20 bits per heavy atom. The molecule has 9 heteroatoms. The molecule has 0 aliphatic carbocycles. The number of benzene rings is 1. The molecule has 3 aromatic rings. The predicted molar refractivity (Wildman–Crippen MR) is 88.6 cm³/mol. The lowest BCUT2D eigenvalue weighted by Crippen LogP contribution is -2.17. The van der Waals surface area contributed by atoms with E-state index in [4.69, 9.17) is 4.74 Å². The summed E-state index contributed by atoms with van der Waals surface area (Å²) in [6.07, 6.45) is 5.15. The number of fused-ring (bicyclic) bond motifs is 1. The van der Waals surface area contributed by atoms with E-state index in [0.29, 0.717) is 29.3 Å². The van der Waals surface area contributed by atoms with E-state index in [9.17, 15) is 14.0 Å². The molecule has 128 valence electrons. The zero-order valence-corrected chi connectivity index (χ0v) is 13.2. The molecule has 0 saturated heterocycles. The molecule has 0 radical (unpaired) electrons. The maximum atomic E-state index is 14.1. The van der Waals surface area contributed by atoms with Gasteiger partial charge in [0.15, 0.2) is 0 Å². The number of carbonyl (C=O) groups excluding carboxylic acids is 2. The van der Waals surface area contributed by atoms with E-state index >= 15 is 0 Å². The minimum Gasteiger partial charge on any atom is -0.375 e. The average Bonchev–Trinajstić information content (AvgIpc) is 3.00. The summed E-state index contributed by atoms with van der Waals surface area (Å²) in [5.74, 6) is -0.455. The van der Waals surface area contributed by atoms with Gasteiger partial charge in [0.25, 0.3) is 0 Å². The summed E-state index contributed by atoms with van der Waals surface area (Å²) in [5, 5.41) is 5.09. The molecule has 25 heavy (non-hydrogen) atoms. The Morgan fingerprint density at radius 1 is 1.36 bits per heavy atom. The molecule has 8 nitrogen and oxygen atoms in total. The van der Waals surface area contributed by atoms with Crippen molar-refractivity contribution >= 4 is 29.5 Å². The van der Waals surface area contributed by atoms with Gasteiger partial charge in [0.2, 0.25) is 18.1 Å². The van der Waals surface area contributed by atoms with Gasteiger partial charge in [0, 0.05) is 30.8 Å². The highest BCUT2D eigenvalue weighted by Crippen LogP contribution is 2.25. The highest BCUT2D eigenvalue weighted by Gasteiger charge is 2.12. The van der Waals surface area contributed by atoms with Crippen LogP contribution in [0.2, 0.25) is 0 Å². The van der Waals surface area contributed by atoms with E-state index in [1.807, 2.05) is 0 Å². The van der Waals surface area contributed by atoms with Gasteiger partial charge in [-0.3, -0.25) is 14.0 Å². The molecule has 0 fully saturated rings. The van der Waals surface area contributed by atoms with Crippen molar-refractivity contribution in [1.29, 1.82) is 0 Å². The lowest BCUT2D eigenvalue weighted by atomic mass is 10.1. The number of nitrogens with zero attached hydrogens (tertiary/aromatic N) is 3. The number of rotatable bonds is 6. The molecular weight excluding hydrogens is 329 g/mol. The molecule has 0 bridgehead atoms. The fourth-order valence-corrected chi connectivity index (χ4v) is 2.29. The number of methoxy groups -OCH3 is 1. The molecule has 2 amide bonds. The second-order valence-corrected chi connectivity index (χ2v) is 5.11. The number of imidazole rings is 1. The molecule has 2 heterocycles. The van der Waals surface area contributed by atoms with Crippen LogP contribution in [0.3, 0.4) is 0 Å². The van der Waals surface area contributed by atoms with Crippen LogP contribution in [0.4, 0.5) is 15.8 Å². The standard InChI is InChI=1S/C16H14FN5O3/c1-25-8-15(24)20-11-5-18-16-21-14(7-22(16)6-11)12-4-10(19-9-23)2-3-13(12)17/h2-7,9H,8H2,1H3,(H,19,23)(H,20,24). The van der Waals surface area contributed by atoms with Gasteiger partial charge >= 0.3 is 0 Å². The molecule has 0 spiro atoms. The largest absolute Gasteiger partial charge is 0.375 e. The third-order valence-electron chi connectivity index (χ3n) is 3.34. The normalized spacial score (nSPS) is 10.6. The van der Waals surface area contributed by atoms with Gasteiger partial charge in [-0.25, -0.2) is 14.4 Å². The van der Waals surface area contributed by atoms with Crippen molar-refractivity contribution < 1.29 is 18.7 Å². The summed E-state index contributed by atoms with van der Waals surface area (Å²) in [6, 6.07) is 4.17. The summed E-state index contributed by atoms with van der Waals surface area (Å²) in [6.45, 7) is -0.0745. The SMILES string of the molecule is COCC(=O)Nc1cnc2nc(-c3cc(NC=O)ccc3F)cn2c1. The van der Waals surface area contributed by atoms with Crippen LogP contribution >= 0.6 is 0 Å². The molecule has 0 atom stereocenters. The Kier molecular flexibility index (Phi) is 4.66. The van der Waals surface area contributed by atoms with E-state index in [-0.39, 0.29) is 18.1 Å². The topological polar surface area (TPSA) is 97.6 Å². The van der Waals surface area contributed by atoms with Crippen molar-refractivity contribution in [2.45, 2.75) is 0 Å². The van der Waals surface area contributed by atoms with Crippen LogP contribution in [0, 0.1) is 5.82 Å². The van der Waals surface area contributed by atoms with Crippen molar-refractivity contribution in [3.05, 3.63) is 42.6 Å².